The molecule has 0 unspecified atom stereocenters. The molecule has 6 nitrogen and oxygen atoms in total. The molecular formula is C37H46N2O4. The van der Waals surface area contributed by atoms with E-state index in [4.69, 9.17) is 0 Å². The second-order valence-electron chi connectivity index (χ2n) is 12.4. The van der Waals surface area contributed by atoms with Crippen LogP contribution in [0, 0.1) is 24.2 Å². The molecule has 0 radical (unpaired) electrons. The highest BCUT2D eigenvalue weighted by Gasteiger charge is 2.38. The quantitative estimate of drug-likeness (QED) is 0.193. The van der Waals surface area contributed by atoms with Crippen LogP contribution in [0.2, 0.25) is 0 Å². The molecule has 0 aliphatic heterocycles. The number of rotatable bonds is 13. The first kappa shape index (κ1) is 33.3. The molecule has 4 atom stereocenters. The minimum atomic E-state index is -1.01. The molecule has 0 spiro atoms. The second-order valence-corrected chi connectivity index (χ2v) is 12.4. The molecule has 0 aliphatic rings. The van der Waals surface area contributed by atoms with Gasteiger partial charge in [0.1, 0.15) is 6.04 Å². The third-order valence-corrected chi connectivity index (χ3v) is 7.85. The molecule has 228 valence electrons. The van der Waals surface area contributed by atoms with Crippen LogP contribution in [0.4, 0.5) is 0 Å². The Morgan fingerprint density at radius 2 is 1.49 bits per heavy atom. The highest BCUT2D eigenvalue weighted by atomic mass is 16.4. The van der Waals surface area contributed by atoms with Gasteiger partial charge in [0.25, 0.3) is 0 Å². The number of hydrogen-bond acceptors (Lipinski definition) is 3. The molecule has 3 rings (SSSR count). The van der Waals surface area contributed by atoms with Gasteiger partial charge in [-0.05, 0) is 59.9 Å². The summed E-state index contributed by atoms with van der Waals surface area (Å²) in [5.41, 5.74) is 4.75. The van der Waals surface area contributed by atoms with Crippen LogP contribution in [0.15, 0.2) is 84.9 Å². The summed E-state index contributed by atoms with van der Waals surface area (Å²) in [5, 5.41) is 16.0. The summed E-state index contributed by atoms with van der Waals surface area (Å²) >= 11 is 0. The first-order chi connectivity index (χ1) is 20.4. The zero-order chi connectivity index (χ0) is 31.6. The van der Waals surface area contributed by atoms with Gasteiger partial charge in [0.15, 0.2) is 0 Å². The summed E-state index contributed by atoms with van der Waals surface area (Å²) in [4.78, 5) is 39.6. The molecule has 0 saturated carbocycles. The molecular weight excluding hydrogens is 536 g/mol. The highest BCUT2D eigenvalue weighted by molar-refractivity contribution is 5.91. The smallest absolute Gasteiger partial charge is 0.307 e. The molecule has 0 aliphatic carbocycles. The zero-order valence-electron chi connectivity index (χ0n) is 26.3. The van der Waals surface area contributed by atoms with Gasteiger partial charge in [-0.2, -0.15) is 0 Å². The zero-order valence-corrected chi connectivity index (χ0v) is 26.3. The first-order valence-corrected chi connectivity index (χ1v) is 15.1. The van der Waals surface area contributed by atoms with Crippen LogP contribution in [0.1, 0.15) is 76.6 Å². The molecule has 43 heavy (non-hydrogen) atoms. The molecule has 3 aromatic rings. The maximum atomic E-state index is 13.8. The fourth-order valence-corrected chi connectivity index (χ4v) is 5.39. The van der Waals surface area contributed by atoms with Crippen LogP contribution < -0.4 is 10.6 Å². The number of amides is 2. The maximum absolute atomic E-state index is 13.8. The first-order valence-electron chi connectivity index (χ1n) is 15.1. The average Bonchev–Trinajstić information content (AvgIpc) is 2.97. The van der Waals surface area contributed by atoms with Crippen molar-refractivity contribution in [2.75, 3.05) is 0 Å². The average molecular weight is 583 g/mol. The van der Waals surface area contributed by atoms with Gasteiger partial charge in [-0.1, -0.05) is 125 Å². The van der Waals surface area contributed by atoms with Crippen LogP contribution in [-0.2, 0) is 14.4 Å². The van der Waals surface area contributed by atoms with Gasteiger partial charge in [0, 0.05) is 0 Å². The summed E-state index contributed by atoms with van der Waals surface area (Å²) in [7, 11) is 0. The van der Waals surface area contributed by atoms with Crippen LogP contribution >= 0.6 is 0 Å². The molecule has 0 saturated heterocycles. The molecule has 3 N–H and O–H groups in total. The van der Waals surface area contributed by atoms with Gasteiger partial charge in [-0.15, -0.1) is 0 Å². The summed E-state index contributed by atoms with van der Waals surface area (Å²) in [6.07, 6.45) is 5.03. The minimum absolute atomic E-state index is 0.237. The predicted octanol–water partition coefficient (Wildman–Crippen LogP) is 7.59. The Bertz CT molecular complexity index is 1390. The third kappa shape index (κ3) is 9.40. The van der Waals surface area contributed by atoms with Crippen molar-refractivity contribution in [1.29, 1.82) is 0 Å². The van der Waals surface area contributed by atoms with Gasteiger partial charge in [-0.25, -0.2) is 0 Å². The third-order valence-electron chi connectivity index (χ3n) is 7.85. The van der Waals surface area contributed by atoms with Crippen LogP contribution in [-0.4, -0.2) is 28.9 Å². The number of carboxylic acid groups (broad SMARTS) is 1. The maximum Gasteiger partial charge on any atom is 0.307 e. The van der Waals surface area contributed by atoms with E-state index in [1.165, 1.54) is 0 Å². The van der Waals surface area contributed by atoms with E-state index in [1.54, 1.807) is 0 Å². The molecule has 6 heteroatoms. The largest absolute Gasteiger partial charge is 0.481 e. The number of aliphatic carboxylic acids is 1. The monoisotopic (exact) mass is 582 g/mol. The molecule has 0 fully saturated rings. The predicted molar refractivity (Wildman–Crippen MR) is 174 cm³/mol. The SMILES string of the molecule is CCC[C@H](C(=O)O)[C@@H](C/C=C/c1ccc(-c2ccccc2)c(C)c1)C(=O)N[C@H](C(=O)N[C@H](C)c1ccccc1)C(C)(C)C. The molecule has 0 bridgehead atoms. The van der Waals surface area contributed by atoms with Crippen molar-refractivity contribution in [1.82, 2.24) is 10.6 Å². The normalized spacial score (nSPS) is 14.5. The lowest BCUT2D eigenvalue weighted by Crippen LogP contribution is -2.55. The number of hydrogen-bond donors (Lipinski definition) is 3. The van der Waals surface area contributed by atoms with E-state index in [1.807, 2.05) is 101 Å². The lowest BCUT2D eigenvalue weighted by atomic mass is 9.82. The van der Waals surface area contributed by atoms with E-state index >= 15 is 0 Å². The highest BCUT2D eigenvalue weighted by Crippen LogP contribution is 2.28. The van der Waals surface area contributed by atoms with Gasteiger partial charge in [-0.3, -0.25) is 14.4 Å². The fraction of sp³-hybridized carbons (Fsp3) is 0.378. The Morgan fingerprint density at radius 3 is 2.05 bits per heavy atom. The van der Waals surface area contributed by atoms with Crippen molar-refractivity contribution < 1.29 is 19.5 Å². The van der Waals surface area contributed by atoms with Crippen LogP contribution in [0.25, 0.3) is 17.2 Å². The van der Waals surface area contributed by atoms with Crippen molar-refractivity contribution in [3.63, 3.8) is 0 Å². The molecule has 2 amide bonds. The Morgan fingerprint density at radius 1 is 0.860 bits per heavy atom. The lowest BCUT2D eigenvalue weighted by Gasteiger charge is -2.33. The van der Waals surface area contributed by atoms with Crippen molar-refractivity contribution in [2.24, 2.45) is 17.3 Å². The summed E-state index contributed by atoms with van der Waals surface area (Å²) in [6.45, 7) is 11.5. The van der Waals surface area contributed by atoms with Crippen molar-refractivity contribution in [3.05, 3.63) is 102 Å². The van der Waals surface area contributed by atoms with Crippen molar-refractivity contribution >= 4 is 23.9 Å². The van der Waals surface area contributed by atoms with Gasteiger partial charge < -0.3 is 15.7 Å². The Balaban J connectivity index is 1.81. The molecule has 0 heterocycles. The van der Waals surface area contributed by atoms with E-state index < -0.39 is 35.2 Å². The molecule has 0 aromatic heterocycles. The van der Waals surface area contributed by atoms with E-state index in [9.17, 15) is 19.5 Å². The molecule has 3 aromatic carbocycles. The van der Waals surface area contributed by atoms with Crippen molar-refractivity contribution in [2.45, 2.75) is 72.9 Å². The lowest BCUT2D eigenvalue weighted by molar-refractivity contribution is -0.148. The Hall–Kier alpha value is -4.19. The minimum Gasteiger partial charge on any atom is -0.481 e. The standard InChI is InChI=1S/C37H46N2O4/c1-7-15-32(36(42)43)31(21-14-16-27-22-23-30(25(2)24-27)29-19-12-9-13-20-29)34(40)39-33(37(4,5)6)35(41)38-26(3)28-17-10-8-11-18-28/h8-14,16-20,22-24,26,31-33H,7,15,21H2,1-6H3,(H,38,41)(H,39,40)(H,42,43)/b16-14+/t26-,31-,32+,33-/m1/s1. The topological polar surface area (TPSA) is 95.5 Å². The van der Waals surface area contributed by atoms with Crippen molar-refractivity contribution in [3.8, 4) is 11.1 Å². The Labute approximate surface area is 256 Å². The number of carboxylic acids is 1. The van der Waals surface area contributed by atoms with Gasteiger partial charge >= 0.3 is 5.97 Å². The number of nitrogens with one attached hydrogen (secondary N) is 2. The van der Waals surface area contributed by atoms with E-state index in [0.29, 0.717) is 12.8 Å². The van der Waals surface area contributed by atoms with Crippen LogP contribution in [0.3, 0.4) is 0 Å². The number of carbonyl (C=O) groups is 3. The Kier molecular flexibility index (Phi) is 11.9. The number of aryl methyl sites for hydroxylation is 1. The number of allylic oxidation sites excluding steroid dienone is 1. The van der Waals surface area contributed by atoms with Crippen LogP contribution in [0.5, 0.6) is 0 Å². The van der Waals surface area contributed by atoms with Gasteiger partial charge in [0.2, 0.25) is 11.8 Å². The van der Waals surface area contributed by atoms with E-state index in [-0.39, 0.29) is 18.4 Å². The number of benzene rings is 3. The second kappa shape index (κ2) is 15.3. The number of carbonyl (C=O) groups excluding carboxylic acids is 2. The van der Waals surface area contributed by atoms with E-state index in [2.05, 4.69) is 41.8 Å². The van der Waals surface area contributed by atoms with Gasteiger partial charge in [0.05, 0.1) is 17.9 Å². The fourth-order valence-electron chi connectivity index (χ4n) is 5.39. The van der Waals surface area contributed by atoms with E-state index in [0.717, 1.165) is 27.8 Å². The summed E-state index contributed by atoms with van der Waals surface area (Å²) in [5.74, 6) is -3.44. The summed E-state index contributed by atoms with van der Waals surface area (Å²) < 4.78 is 0. The summed E-state index contributed by atoms with van der Waals surface area (Å²) in [6, 6.07) is 24.9.